The van der Waals surface area contributed by atoms with Gasteiger partial charge in [-0.1, -0.05) is 31.5 Å². The maximum absolute atomic E-state index is 13.6. The van der Waals surface area contributed by atoms with Crippen molar-refractivity contribution in [1.82, 2.24) is 25.5 Å². The molecule has 2 amide bonds. The third-order valence-corrected chi connectivity index (χ3v) is 5.01. The van der Waals surface area contributed by atoms with Gasteiger partial charge < -0.3 is 9.73 Å². The number of nitrogens with zero attached hydrogens (tertiary/aromatic N) is 5. The van der Waals surface area contributed by atoms with Crippen LogP contribution in [0.15, 0.2) is 40.8 Å². The molecule has 9 heteroatoms. The largest absolute Gasteiger partial charge is 0.458 e. The molecular formula is C24H32N6O3. The fourth-order valence-corrected chi connectivity index (χ4v) is 3.57. The summed E-state index contributed by atoms with van der Waals surface area (Å²) in [6.45, 7) is 11.3. The topological polar surface area (TPSA) is 106 Å². The molecule has 1 N–H and O–H groups in total. The Balaban J connectivity index is 1.93. The van der Waals surface area contributed by atoms with Crippen LogP contribution in [0.4, 0.5) is 5.69 Å². The first kappa shape index (κ1) is 24.2. The van der Waals surface area contributed by atoms with Gasteiger partial charge in [-0.25, -0.2) is 0 Å². The van der Waals surface area contributed by atoms with Gasteiger partial charge in [0.05, 0.1) is 0 Å². The summed E-state index contributed by atoms with van der Waals surface area (Å²) in [6.07, 6.45) is 1.26. The van der Waals surface area contributed by atoms with Crippen LogP contribution in [0.5, 0.6) is 0 Å². The highest BCUT2D eigenvalue weighted by atomic mass is 16.3. The highest BCUT2D eigenvalue weighted by molar-refractivity contribution is 6.01. The molecule has 9 nitrogen and oxygen atoms in total. The lowest BCUT2D eigenvalue weighted by Gasteiger charge is -2.34. The molecule has 0 spiro atoms. The Morgan fingerprint density at radius 1 is 1.15 bits per heavy atom. The van der Waals surface area contributed by atoms with Crippen LogP contribution in [0.3, 0.4) is 0 Å². The predicted molar refractivity (Wildman–Crippen MR) is 126 cm³/mol. The Hall–Kier alpha value is -3.49. The monoisotopic (exact) mass is 452 g/mol. The second-order valence-corrected chi connectivity index (χ2v) is 9.15. The summed E-state index contributed by atoms with van der Waals surface area (Å²) in [7, 11) is 0. The Morgan fingerprint density at radius 3 is 2.48 bits per heavy atom. The Kier molecular flexibility index (Phi) is 7.30. The molecule has 3 rings (SSSR count). The standard InChI is InChI=1S/C24H32N6O3/c1-7-10-19(23(32)25-24(4,5)6)30(18-12-9-8-11-16(18)2)21(31)15-29-27-22(26-28-29)20-14-13-17(3)33-20/h8-9,11-14,19H,7,10,15H2,1-6H3,(H,25,32)/t19-/m0/s1. The molecule has 0 saturated carbocycles. The van der Waals surface area contributed by atoms with Gasteiger partial charge in [0.25, 0.3) is 5.91 Å². The van der Waals surface area contributed by atoms with Crippen molar-refractivity contribution in [2.75, 3.05) is 4.90 Å². The summed E-state index contributed by atoms with van der Waals surface area (Å²) in [5.41, 5.74) is 1.16. The molecule has 0 aliphatic carbocycles. The molecule has 33 heavy (non-hydrogen) atoms. The maximum atomic E-state index is 13.6. The van der Waals surface area contributed by atoms with Crippen molar-refractivity contribution in [2.24, 2.45) is 0 Å². The Bertz CT molecular complexity index is 1110. The zero-order valence-corrected chi connectivity index (χ0v) is 20.1. The van der Waals surface area contributed by atoms with E-state index >= 15 is 0 Å². The van der Waals surface area contributed by atoms with Crippen molar-refractivity contribution >= 4 is 17.5 Å². The van der Waals surface area contributed by atoms with E-state index < -0.39 is 11.6 Å². The minimum atomic E-state index is -0.668. The molecular weight excluding hydrogens is 420 g/mol. The van der Waals surface area contributed by atoms with E-state index in [0.29, 0.717) is 23.7 Å². The lowest BCUT2D eigenvalue weighted by Crippen LogP contribution is -2.55. The summed E-state index contributed by atoms with van der Waals surface area (Å²) >= 11 is 0. The lowest BCUT2D eigenvalue weighted by molar-refractivity contribution is -0.128. The smallest absolute Gasteiger partial charge is 0.251 e. The summed E-state index contributed by atoms with van der Waals surface area (Å²) in [5.74, 6) is 1.02. The molecule has 0 saturated heterocycles. The van der Waals surface area contributed by atoms with Crippen molar-refractivity contribution in [3.63, 3.8) is 0 Å². The fourth-order valence-electron chi connectivity index (χ4n) is 3.57. The zero-order valence-electron chi connectivity index (χ0n) is 20.1. The third kappa shape index (κ3) is 6.06. The van der Waals surface area contributed by atoms with Gasteiger partial charge in [0.1, 0.15) is 18.3 Å². The number of amides is 2. The van der Waals surface area contributed by atoms with Gasteiger partial charge in [-0.15, -0.1) is 10.2 Å². The number of tetrazole rings is 1. The van der Waals surface area contributed by atoms with Gasteiger partial charge in [-0.2, -0.15) is 4.80 Å². The third-order valence-electron chi connectivity index (χ3n) is 5.01. The van der Waals surface area contributed by atoms with Crippen LogP contribution < -0.4 is 10.2 Å². The van der Waals surface area contributed by atoms with E-state index in [1.807, 2.05) is 71.9 Å². The minimum absolute atomic E-state index is 0.163. The summed E-state index contributed by atoms with van der Waals surface area (Å²) in [5, 5.41) is 15.3. The van der Waals surface area contributed by atoms with E-state index in [9.17, 15) is 9.59 Å². The molecule has 0 radical (unpaired) electrons. The number of anilines is 1. The number of furan rings is 1. The molecule has 0 aliphatic rings. The van der Waals surface area contributed by atoms with Crippen LogP contribution in [0, 0.1) is 13.8 Å². The minimum Gasteiger partial charge on any atom is -0.458 e. The molecule has 2 aromatic heterocycles. The molecule has 0 unspecified atom stereocenters. The summed E-state index contributed by atoms with van der Waals surface area (Å²) < 4.78 is 5.54. The molecule has 0 bridgehead atoms. The van der Waals surface area contributed by atoms with Gasteiger partial charge in [0, 0.05) is 11.2 Å². The number of nitrogens with one attached hydrogen (secondary N) is 1. The quantitative estimate of drug-likeness (QED) is 0.559. The predicted octanol–water partition coefficient (Wildman–Crippen LogP) is 3.67. The average molecular weight is 453 g/mol. The van der Waals surface area contributed by atoms with Crippen LogP contribution in [0.25, 0.3) is 11.6 Å². The normalized spacial score (nSPS) is 12.4. The van der Waals surface area contributed by atoms with Crippen molar-refractivity contribution < 1.29 is 14.0 Å². The first-order valence-electron chi connectivity index (χ1n) is 11.1. The maximum Gasteiger partial charge on any atom is 0.251 e. The highest BCUT2D eigenvalue weighted by Crippen LogP contribution is 2.25. The van der Waals surface area contributed by atoms with Crippen molar-refractivity contribution in [2.45, 2.75) is 72.5 Å². The molecule has 0 fully saturated rings. The van der Waals surface area contributed by atoms with Crippen LogP contribution in [0.1, 0.15) is 51.9 Å². The van der Waals surface area contributed by atoms with Gasteiger partial charge in [-0.05, 0) is 70.0 Å². The second-order valence-electron chi connectivity index (χ2n) is 9.15. The second kappa shape index (κ2) is 9.97. The van der Waals surface area contributed by atoms with Crippen molar-refractivity contribution in [1.29, 1.82) is 0 Å². The molecule has 176 valence electrons. The van der Waals surface area contributed by atoms with E-state index in [1.165, 1.54) is 4.80 Å². The SMILES string of the molecule is CCC[C@@H](C(=O)NC(C)(C)C)N(C(=O)Cn1nnc(-c2ccc(C)o2)n1)c1ccccc1C. The Labute approximate surface area is 194 Å². The van der Waals surface area contributed by atoms with Crippen LogP contribution in [0.2, 0.25) is 0 Å². The number of aryl methyl sites for hydroxylation is 2. The number of rotatable bonds is 8. The number of para-hydroxylation sites is 1. The highest BCUT2D eigenvalue weighted by Gasteiger charge is 2.33. The Morgan fingerprint density at radius 2 is 1.88 bits per heavy atom. The van der Waals surface area contributed by atoms with Crippen molar-refractivity contribution in [3.8, 4) is 11.6 Å². The van der Waals surface area contributed by atoms with Crippen LogP contribution >= 0.6 is 0 Å². The first-order chi connectivity index (χ1) is 15.6. The number of hydrogen-bond acceptors (Lipinski definition) is 6. The van der Waals surface area contributed by atoms with Crippen molar-refractivity contribution in [3.05, 3.63) is 47.7 Å². The van der Waals surface area contributed by atoms with Gasteiger partial charge in [0.2, 0.25) is 11.7 Å². The fraction of sp³-hybridized carbons (Fsp3) is 0.458. The number of carbonyl (C=O) groups excluding carboxylic acids is 2. The van der Waals surface area contributed by atoms with Gasteiger partial charge in [-0.3, -0.25) is 14.5 Å². The van der Waals surface area contributed by atoms with E-state index in [1.54, 1.807) is 11.0 Å². The van der Waals surface area contributed by atoms with E-state index in [0.717, 1.165) is 17.7 Å². The number of benzene rings is 1. The van der Waals surface area contributed by atoms with Gasteiger partial charge >= 0.3 is 0 Å². The molecule has 2 heterocycles. The van der Waals surface area contributed by atoms with E-state index in [-0.39, 0.29) is 18.4 Å². The van der Waals surface area contributed by atoms with E-state index in [2.05, 4.69) is 20.7 Å². The van der Waals surface area contributed by atoms with Crippen LogP contribution in [-0.2, 0) is 16.1 Å². The average Bonchev–Trinajstić information content (AvgIpc) is 3.36. The zero-order chi connectivity index (χ0) is 24.2. The van der Waals surface area contributed by atoms with E-state index in [4.69, 9.17) is 4.42 Å². The lowest BCUT2D eigenvalue weighted by atomic mass is 10.0. The molecule has 1 atom stereocenters. The number of hydrogen-bond donors (Lipinski definition) is 1. The summed E-state index contributed by atoms with van der Waals surface area (Å²) in [6, 6.07) is 10.4. The summed E-state index contributed by atoms with van der Waals surface area (Å²) in [4.78, 5) is 29.6. The molecule has 1 aromatic carbocycles. The molecule has 0 aliphatic heterocycles. The molecule has 3 aromatic rings. The number of carbonyl (C=O) groups is 2. The van der Waals surface area contributed by atoms with Crippen LogP contribution in [-0.4, -0.2) is 43.6 Å². The first-order valence-corrected chi connectivity index (χ1v) is 11.1. The van der Waals surface area contributed by atoms with Gasteiger partial charge in [0.15, 0.2) is 5.76 Å². The number of aromatic nitrogens is 4.